The Kier molecular flexibility index (Phi) is 10.9. The minimum absolute atomic E-state index is 0.0230. The quantitative estimate of drug-likeness (QED) is 0.479. The Labute approximate surface area is 159 Å². The van der Waals surface area contributed by atoms with Gasteiger partial charge in [-0.15, -0.1) is 0 Å². The number of nitrogens with one attached hydrogen (secondary N) is 1. The smallest absolute Gasteiger partial charge is 0.214 e. The number of ether oxygens (including phenoxy) is 1. The van der Waals surface area contributed by atoms with Crippen molar-refractivity contribution >= 4 is 10.0 Å². The maximum Gasteiger partial charge on any atom is 0.214 e. The molecule has 0 aliphatic carbocycles. The molecule has 5 nitrogen and oxygen atoms in total. The maximum atomic E-state index is 12.7. The summed E-state index contributed by atoms with van der Waals surface area (Å²) in [6, 6.07) is 9.64. The minimum atomic E-state index is -3.31. The lowest BCUT2D eigenvalue weighted by Gasteiger charge is -2.23. The number of nitrogens with two attached hydrogens (primary N) is 1. The largest absolute Gasteiger partial charge is 0.491 e. The normalized spacial score (nSPS) is 14.3. The summed E-state index contributed by atoms with van der Waals surface area (Å²) in [5, 5.41) is -0.395. The molecule has 26 heavy (non-hydrogen) atoms. The second kappa shape index (κ2) is 12.3. The number of benzene rings is 1. The Bertz CT molecular complexity index is 576. The van der Waals surface area contributed by atoms with Gasteiger partial charge in [-0.25, -0.2) is 13.1 Å². The summed E-state index contributed by atoms with van der Waals surface area (Å²) in [6.07, 6.45) is 5.19. The van der Waals surface area contributed by atoms with Gasteiger partial charge in [0.15, 0.2) is 0 Å². The predicted octanol–water partition coefficient (Wildman–Crippen LogP) is 3.70. The van der Waals surface area contributed by atoms with Gasteiger partial charge < -0.3 is 10.5 Å². The van der Waals surface area contributed by atoms with Gasteiger partial charge >= 0.3 is 0 Å². The highest BCUT2D eigenvalue weighted by molar-refractivity contribution is 7.90. The molecule has 0 aliphatic heterocycles. The van der Waals surface area contributed by atoms with Crippen LogP contribution >= 0.6 is 0 Å². The SMILES string of the molecule is CC(CCC(C(C)C)S(=O)(=O)NCCCCCCN)Oc1ccccc1. The van der Waals surface area contributed by atoms with Crippen LogP contribution in [0.3, 0.4) is 0 Å². The molecule has 0 fully saturated rings. The van der Waals surface area contributed by atoms with Crippen molar-refractivity contribution in [3.63, 3.8) is 0 Å². The third-order valence-electron chi connectivity index (χ3n) is 4.51. The summed E-state index contributed by atoms with van der Waals surface area (Å²) in [4.78, 5) is 0. The van der Waals surface area contributed by atoms with Gasteiger partial charge in [-0.3, -0.25) is 0 Å². The Morgan fingerprint density at radius 3 is 2.27 bits per heavy atom. The topological polar surface area (TPSA) is 81.4 Å². The molecule has 0 aromatic heterocycles. The third kappa shape index (κ3) is 9.01. The highest BCUT2D eigenvalue weighted by Crippen LogP contribution is 2.20. The lowest BCUT2D eigenvalue weighted by molar-refractivity contribution is 0.205. The van der Waals surface area contributed by atoms with Crippen LogP contribution in [0.4, 0.5) is 0 Å². The summed E-state index contributed by atoms with van der Waals surface area (Å²) in [7, 11) is -3.31. The zero-order chi connectivity index (χ0) is 19.4. The summed E-state index contributed by atoms with van der Waals surface area (Å²) in [5.41, 5.74) is 5.47. The fraction of sp³-hybridized carbons (Fsp3) is 0.700. The number of hydrogen-bond donors (Lipinski definition) is 2. The van der Waals surface area contributed by atoms with Gasteiger partial charge in [0.25, 0.3) is 0 Å². The molecule has 0 saturated heterocycles. The van der Waals surface area contributed by atoms with Crippen molar-refractivity contribution in [2.45, 2.75) is 70.7 Å². The van der Waals surface area contributed by atoms with E-state index >= 15 is 0 Å². The zero-order valence-electron chi connectivity index (χ0n) is 16.5. The first-order chi connectivity index (χ1) is 12.4. The molecule has 3 N–H and O–H groups in total. The molecule has 1 aromatic carbocycles. The van der Waals surface area contributed by atoms with E-state index in [1.807, 2.05) is 51.1 Å². The fourth-order valence-corrected chi connectivity index (χ4v) is 4.79. The maximum absolute atomic E-state index is 12.7. The van der Waals surface area contributed by atoms with Crippen LogP contribution in [-0.2, 0) is 10.0 Å². The fourth-order valence-electron chi connectivity index (χ4n) is 2.98. The highest BCUT2D eigenvalue weighted by Gasteiger charge is 2.28. The van der Waals surface area contributed by atoms with Crippen LogP contribution in [0.5, 0.6) is 5.75 Å². The first-order valence-corrected chi connectivity index (χ1v) is 11.3. The van der Waals surface area contributed by atoms with E-state index in [9.17, 15) is 8.42 Å². The monoisotopic (exact) mass is 384 g/mol. The van der Waals surface area contributed by atoms with Gasteiger partial charge in [0.2, 0.25) is 10.0 Å². The summed E-state index contributed by atoms with van der Waals surface area (Å²) in [6.45, 7) is 7.13. The van der Waals surface area contributed by atoms with Crippen molar-refractivity contribution in [3.05, 3.63) is 30.3 Å². The van der Waals surface area contributed by atoms with Gasteiger partial charge in [0.05, 0.1) is 11.4 Å². The molecule has 0 aliphatic rings. The van der Waals surface area contributed by atoms with Gasteiger partial charge in [-0.1, -0.05) is 44.9 Å². The van der Waals surface area contributed by atoms with Crippen LogP contribution < -0.4 is 15.2 Å². The molecule has 0 spiro atoms. The van der Waals surface area contributed by atoms with Crippen LogP contribution in [0.2, 0.25) is 0 Å². The van der Waals surface area contributed by atoms with E-state index in [1.165, 1.54) is 0 Å². The van der Waals surface area contributed by atoms with E-state index < -0.39 is 15.3 Å². The second-order valence-electron chi connectivity index (χ2n) is 7.24. The van der Waals surface area contributed by atoms with E-state index in [4.69, 9.17) is 10.5 Å². The minimum Gasteiger partial charge on any atom is -0.491 e. The first kappa shape index (κ1) is 22.9. The van der Waals surface area contributed by atoms with E-state index in [2.05, 4.69) is 4.72 Å². The Balaban J connectivity index is 2.45. The molecule has 0 saturated carbocycles. The number of hydrogen-bond acceptors (Lipinski definition) is 4. The van der Waals surface area contributed by atoms with E-state index in [1.54, 1.807) is 0 Å². The van der Waals surface area contributed by atoms with E-state index in [0.717, 1.165) is 31.4 Å². The Hall–Kier alpha value is -1.11. The van der Waals surface area contributed by atoms with E-state index in [-0.39, 0.29) is 12.0 Å². The first-order valence-electron chi connectivity index (χ1n) is 9.77. The van der Waals surface area contributed by atoms with E-state index in [0.29, 0.717) is 25.9 Å². The molecule has 6 heteroatoms. The van der Waals surface area contributed by atoms with Crippen LogP contribution in [0.25, 0.3) is 0 Å². The summed E-state index contributed by atoms with van der Waals surface area (Å²) >= 11 is 0. The summed E-state index contributed by atoms with van der Waals surface area (Å²) in [5.74, 6) is 0.883. The molecule has 1 rings (SSSR count). The van der Waals surface area contributed by atoms with Gasteiger partial charge in [-0.2, -0.15) is 0 Å². The van der Waals surface area contributed by atoms with Crippen LogP contribution in [-0.4, -0.2) is 32.9 Å². The highest BCUT2D eigenvalue weighted by atomic mass is 32.2. The predicted molar refractivity (Wildman–Crippen MR) is 109 cm³/mol. The molecule has 0 bridgehead atoms. The van der Waals surface area contributed by atoms with Crippen molar-refractivity contribution in [2.24, 2.45) is 11.7 Å². The Morgan fingerprint density at radius 1 is 1.00 bits per heavy atom. The molecule has 150 valence electrons. The van der Waals surface area contributed by atoms with Gasteiger partial charge in [0.1, 0.15) is 5.75 Å². The average Bonchev–Trinajstić information content (AvgIpc) is 2.58. The van der Waals surface area contributed by atoms with Crippen molar-refractivity contribution in [3.8, 4) is 5.75 Å². The van der Waals surface area contributed by atoms with Crippen LogP contribution in [0.15, 0.2) is 30.3 Å². The third-order valence-corrected chi connectivity index (χ3v) is 6.70. The molecular weight excluding hydrogens is 348 g/mol. The lowest BCUT2D eigenvalue weighted by atomic mass is 10.0. The molecule has 0 radical (unpaired) electrons. The van der Waals surface area contributed by atoms with Crippen molar-refractivity contribution in [1.29, 1.82) is 0 Å². The molecule has 2 unspecified atom stereocenters. The summed E-state index contributed by atoms with van der Waals surface area (Å²) < 4.78 is 34.0. The number of para-hydroxylation sites is 1. The number of rotatable bonds is 14. The van der Waals surface area contributed by atoms with Crippen LogP contribution in [0.1, 0.15) is 59.3 Å². The standard InChI is InChI=1S/C20H36N2O3S/c1-17(2)20(26(23,24)22-16-10-5-4-9-15-21)14-13-18(3)25-19-11-7-6-8-12-19/h6-8,11-12,17-18,20,22H,4-5,9-10,13-16,21H2,1-3H3. The molecule has 0 amide bonds. The second-order valence-corrected chi connectivity index (χ2v) is 9.23. The lowest BCUT2D eigenvalue weighted by Crippen LogP contribution is -2.38. The van der Waals surface area contributed by atoms with Crippen molar-refractivity contribution in [2.75, 3.05) is 13.1 Å². The van der Waals surface area contributed by atoms with Crippen molar-refractivity contribution < 1.29 is 13.2 Å². The zero-order valence-corrected chi connectivity index (χ0v) is 17.3. The van der Waals surface area contributed by atoms with Crippen LogP contribution in [0, 0.1) is 5.92 Å². The number of unbranched alkanes of at least 4 members (excludes halogenated alkanes) is 3. The van der Waals surface area contributed by atoms with Gasteiger partial charge in [-0.05, 0) is 57.2 Å². The number of sulfonamides is 1. The Morgan fingerprint density at radius 2 is 1.65 bits per heavy atom. The average molecular weight is 385 g/mol. The van der Waals surface area contributed by atoms with Crippen molar-refractivity contribution in [1.82, 2.24) is 4.72 Å². The van der Waals surface area contributed by atoms with Gasteiger partial charge in [0, 0.05) is 6.54 Å². The molecule has 2 atom stereocenters. The molecule has 0 heterocycles. The molecule has 1 aromatic rings. The molecular formula is C20H36N2O3S.